The summed E-state index contributed by atoms with van der Waals surface area (Å²) in [7, 11) is 0. The van der Waals surface area contributed by atoms with Gasteiger partial charge in [-0.1, -0.05) is 35.9 Å². The van der Waals surface area contributed by atoms with Crippen molar-refractivity contribution in [2.75, 3.05) is 24.3 Å². The Labute approximate surface area is 178 Å². The zero-order chi connectivity index (χ0) is 21.1. The maximum atomic E-state index is 13.8. The van der Waals surface area contributed by atoms with Crippen molar-refractivity contribution >= 4 is 29.1 Å². The molecule has 1 amide bonds. The summed E-state index contributed by atoms with van der Waals surface area (Å²) in [5.74, 6) is -0.562. The average Bonchev–Trinajstić information content (AvgIpc) is 2.77. The van der Waals surface area contributed by atoms with Gasteiger partial charge in [-0.15, -0.1) is 0 Å². The first-order valence-electron chi connectivity index (χ1n) is 9.51. The Bertz CT molecular complexity index is 1050. The lowest BCUT2D eigenvalue weighted by atomic mass is 9.73. The highest BCUT2D eigenvalue weighted by atomic mass is 35.5. The highest BCUT2D eigenvalue weighted by Crippen LogP contribution is 2.37. The predicted molar refractivity (Wildman–Crippen MR) is 114 cm³/mol. The van der Waals surface area contributed by atoms with Crippen molar-refractivity contribution in [3.63, 3.8) is 0 Å². The van der Waals surface area contributed by atoms with Crippen LogP contribution in [0.1, 0.15) is 18.4 Å². The van der Waals surface area contributed by atoms with Crippen LogP contribution in [0.5, 0.6) is 0 Å². The molecule has 1 aromatic heterocycles. The Morgan fingerprint density at radius 3 is 2.37 bits per heavy atom. The van der Waals surface area contributed by atoms with Crippen LogP contribution in [0.2, 0.25) is 5.02 Å². The molecule has 1 aliphatic rings. The van der Waals surface area contributed by atoms with Gasteiger partial charge in [0.25, 0.3) is 0 Å². The molecule has 0 unspecified atom stereocenters. The largest absolute Gasteiger partial charge is 0.381 e. The Balaban J connectivity index is 1.63. The number of hydrogen-bond donors (Lipinski definition) is 2. The quantitative estimate of drug-likeness (QED) is 0.652. The van der Waals surface area contributed by atoms with Gasteiger partial charge in [-0.2, -0.15) is 0 Å². The van der Waals surface area contributed by atoms with Crippen molar-refractivity contribution in [3.05, 3.63) is 71.3 Å². The molecule has 2 aromatic carbocycles. The lowest BCUT2D eigenvalue weighted by Gasteiger charge is -2.36. The third-order valence-corrected chi connectivity index (χ3v) is 5.71. The van der Waals surface area contributed by atoms with Gasteiger partial charge in [0.05, 0.1) is 10.4 Å². The predicted octanol–water partition coefficient (Wildman–Crippen LogP) is 4.21. The van der Waals surface area contributed by atoms with E-state index in [1.165, 1.54) is 12.1 Å². The molecule has 3 N–H and O–H groups in total. The summed E-state index contributed by atoms with van der Waals surface area (Å²) >= 11 is 5.74. The molecule has 8 heteroatoms. The van der Waals surface area contributed by atoms with Gasteiger partial charge in [0, 0.05) is 36.9 Å². The number of carbonyl (C=O) groups is 1. The molecular weight excluding hydrogens is 407 g/mol. The molecule has 3 aromatic rings. The molecule has 6 nitrogen and oxygen atoms in total. The molecule has 154 valence electrons. The molecule has 1 fully saturated rings. The van der Waals surface area contributed by atoms with Crippen molar-refractivity contribution in [2.45, 2.75) is 18.3 Å². The van der Waals surface area contributed by atoms with E-state index in [1.54, 1.807) is 18.5 Å². The van der Waals surface area contributed by atoms with Crippen LogP contribution in [-0.4, -0.2) is 29.1 Å². The number of aromatic nitrogens is 2. The number of carbonyl (C=O) groups excluding carboxylic acids is 1. The second kappa shape index (κ2) is 8.38. The number of nitrogens with one attached hydrogen (secondary N) is 1. The summed E-state index contributed by atoms with van der Waals surface area (Å²) in [5.41, 5.74) is 7.76. The third-order valence-electron chi connectivity index (χ3n) is 5.40. The smallest absolute Gasteiger partial charge is 0.235 e. The lowest BCUT2D eigenvalue weighted by molar-refractivity contribution is -0.125. The van der Waals surface area contributed by atoms with Gasteiger partial charge < -0.3 is 15.8 Å². The summed E-state index contributed by atoms with van der Waals surface area (Å²) in [6.45, 7) is 0.936. The van der Waals surface area contributed by atoms with E-state index in [-0.39, 0.29) is 16.9 Å². The van der Waals surface area contributed by atoms with E-state index >= 15 is 0 Å². The number of nitrogens with two attached hydrogens (primary N) is 1. The fourth-order valence-electron chi connectivity index (χ4n) is 3.66. The van der Waals surface area contributed by atoms with Crippen LogP contribution in [0, 0.1) is 5.82 Å². The van der Waals surface area contributed by atoms with E-state index in [2.05, 4.69) is 15.3 Å². The van der Waals surface area contributed by atoms with Gasteiger partial charge in [-0.25, -0.2) is 14.4 Å². The van der Waals surface area contributed by atoms with Gasteiger partial charge in [0.15, 0.2) is 0 Å². The number of nitrogen functional groups attached to an aromatic ring is 1. The van der Waals surface area contributed by atoms with Crippen LogP contribution in [0.4, 0.5) is 16.0 Å². The molecule has 2 heterocycles. The minimum Gasteiger partial charge on any atom is -0.381 e. The number of ether oxygens (including phenoxy) is 1. The monoisotopic (exact) mass is 426 g/mol. The minimum atomic E-state index is -0.773. The summed E-state index contributed by atoms with van der Waals surface area (Å²) in [6.07, 6.45) is 4.37. The van der Waals surface area contributed by atoms with Gasteiger partial charge >= 0.3 is 0 Å². The van der Waals surface area contributed by atoms with Crippen LogP contribution in [0.15, 0.2) is 54.9 Å². The number of halogens is 2. The number of benzene rings is 2. The van der Waals surface area contributed by atoms with Crippen molar-refractivity contribution in [1.29, 1.82) is 0 Å². The van der Waals surface area contributed by atoms with E-state index in [1.807, 2.05) is 24.3 Å². The van der Waals surface area contributed by atoms with Crippen LogP contribution in [-0.2, 0) is 14.9 Å². The Morgan fingerprint density at radius 2 is 1.73 bits per heavy atom. The second-order valence-corrected chi connectivity index (χ2v) is 7.59. The first kappa shape index (κ1) is 20.3. The highest BCUT2D eigenvalue weighted by Gasteiger charge is 2.41. The number of rotatable bonds is 4. The third kappa shape index (κ3) is 3.99. The lowest BCUT2D eigenvalue weighted by Crippen LogP contribution is -2.44. The normalized spacial score (nSPS) is 15.5. The molecule has 0 saturated carbocycles. The van der Waals surface area contributed by atoms with Crippen LogP contribution < -0.4 is 11.1 Å². The molecule has 1 saturated heterocycles. The number of anilines is 2. The molecule has 0 bridgehead atoms. The molecule has 0 spiro atoms. The average molecular weight is 427 g/mol. The standard InChI is InChI=1S/C22H20ClFN4O2/c23-18-6-5-17(11-19(18)24)28-20(29)22(7-9-30-10-8-22)16-3-1-14(2-4-16)15-12-26-21(25)27-13-15/h1-6,11-13H,7-10H2,(H,28,29)(H2,25,26,27). The van der Waals surface area contributed by atoms with E-state index in [0.717, 1.165) is 16.7 Å². The molecule has 0 aliphatic carbocycles. The summed E-state index contributed by atoms with van der Waals surface area (Å²) < 4.78 is 19.3. The summed E-state index contributed by atoms with van der Waals surface area (Å²) in [5, 5.41) is 2.85. The molecule has 4 rings (SSSR count). The fourth-order valence-corrected chi connectivity index (χ4v) is 3.78. The number of amides is 1. The Kier molecular flexibility index (Phi) is 5.65. The van der Waals surface area contributed by atoms with Crippen LogP contribution >= 0.6 is 11.6 Å². The molecule has 0 atom stereocenters. The molecular formula is C22H20ClFN4O2. The van der Waals surface area contributed by atoms with E-state index in [0.29, 0.717) is 31.7 Å². The van der Waals surface area contributed by atoms with Gasteiger partial charge in [-0.05, 0) is 42.2 Å². The Morgan fingerprint density at radius 1 is 1.07 bits per heavy atom. The SMILES string of the molecule is Nc1ncc(-c2ccc(C3(C(=O)Nc4ccc(Cl)c(F)c4)CCOCC3)cc2)cn1. The topological polar surface area (TPSA) is 90.1 Å². The van der Waals surface area contributed by atoms with Gasteiger partial charge in [0.2, 0.25) is 11.9 Å². The van der Waals surface area contributed by atoms with Crippen molar-refractivity contribution in [1.82, 2.24) is 9.97 Å². The summed E-state index contributed by atoms with van der Waals surface area (Å²) in [6, 6.07) is 11.9. The zero-order valence-corrected chi connectivity index (χ0v) is 16.8. The molecule has 30 heavy (non-hydrogen) atoms. The fraction of sp³-hybridized carbons (Fsp3) is 0.227. The number of hydrogen-bond acceptors (Lipinski definition) is 5. The van der Waals surface area contributed by atoms with Crippen molar-refractivity contribution in [2.24, 2.45) is 0 Å². The maximum Gasteiger partial charge on any atom is 0.235 e. The second-order valence-electron chi connectivity index (χ2n) is 7.18. The van der Waals surface area contributed by atoms with Crippen LogP contribution in [0.3, 0.4) is 0 Å². The van der Waals surface area contributed by atoms with Gasteiger partial charge in [0.1, 0.15) is 5.82 Å². The van der Waals surface area contributed by atoms with E-state index in [4.69, 9.17) is 22.1 Å². The number of nitrogens with zero attached hydrogens (tertiary/aromatic N) is 2. The maximum absolute atomic E-state index is 13.8. The first-order valence-corrected chi connectivity index (χ1v) is 9.88. The first-order chi connectivity index (χ1) is 14.5. The van der Waals surface area contributed by atoms with E-state index in [9.17, 15) is 9.18 Å². The minimum absolute atomic E-state index is 0.0102. The molecule has 0 radical (unpaired) electrons. The summed E-state index contributed by atoms with van der Waals surface area (Å²) in [4.78, 5) is 21.4. The highest BCUT2D eigenvalue weighted by molar-refractivity contribution is 6.30. The zero-order valence-electron chi connectivity index (χ0n) is 16.1. The van der Waals surface area contributed by atoms with E-state index < -0.39 is 11.2 Å². The Hall–Kier alpha value is -3.03. The molecule has 1 aliphatic heterocycles. The van der Waals surface area contributed by atoms with Crippen molar-refractivity contribution in [3.8, 4) is 11.1 Å². The van der Waals surface area contributed by atoms with Crippen molar-refractivity contribution < 1.29 is 13.9 Å². The van der Waals surface area contributed by atoms with Crippen LogP contribution in [0.25, 0.3) is 11.1 Å². The van der Waals surface area contributed by atoms with Gasteiger partial charge in [-0.3, -0.25) is 4.79 Å².